The van der Waals surface area contributed by atoms with E-state index in [0.29, 0.717) is 17.6 Å². The van der Waals surface area contributed by atoms with Crippen LogP contribution in [0.15, 0.2) is 12.1 Å². The first-order valence-corrected chi connectivity index (χ1v) is 5.76. The largest absolute Gasteiger partial charge is 0.379 e. The summed E-state index contributed by atoms with van der Waals surface area (Å²) in [5.41, 5.74) is 6.32. The maximum Gasteiger partial charge on any atom is 0.129 e. The molecule has 4 nitrogen and oxygen atoms in total. The van der Waals surface area contributed by atoms with Gasteiger partial charge in [-0.05, 0) is 18.6 Å². The summed E-state index contributed by atoms with van der Waals surface area (Å²) >= 11 is 5.97. The Morgan fingerprint density at radius 2 is 2.44 bits per heavy atom. The van der Waals surface area contributed by atoms with Crippen LogP contribution in [0.2, 0.25) is 5.02 Å². The minimum Gasteiger partial charge on any atom is -0.379 e. The van der Waals surface area contributed by atoms with Gasteiger partial charge in [0.2, 0.25) is 0 Å². The molecule has 0 aromatic carbocycles. The number of nitrogens with two attached hydrogens (primary N) is 1. The molecule has 16 heavy (non-hydrogen) atoms. The fourth-order valence-electron chi connectivity index (χ4n) is 1.83. The van der Waals surface area contributed by atoms with Crippen molar-refractivity contribution >= 4 is 17.4 Å². The van der Waals surface area contributed by atoms with Crippen molar-refractivity contribution in [2.24, 2.45) is 5.73 Å². The molecule has 2 rings (SSSR count). The van der Waals surface area contributed by atoms with Crippen LogP contribution in [0.25, 0.3) is 0 Å². The van der Waals surface area contributed by atoms with E-state index < -0.39 is 0 Å². The highest BCUT2D eigenvalue weighted by Gasteiger charge is 2.21. The predicted molar refractivity (Wildman–Crippen MR) is 64.8 cm³/mol. The average molecular weight is 242 g/mol. The van der Waals surface area contributed by atoms with E-state index in [1.807, 2.05) is 19.2 Å². The van der Waals surface area contributed by atoms with E-state index in [9.17, 15) is 0 Å². The lowest BCUT2D eigenvalue weighted by Crippen LogP contribution is -2.32. The first-order chi connectivity index (χ1) is 7.72. The second kappa shape index (κ2) is 4.99. The van der Waals surface area contributed by atoms with E-state index >= 15 is 0 Å². The van der Waals surface area contributed by atoms with Crippen LogP contribution in [0.1, 0.15) is 12.1 Å². The van der Waals surface area contributed by atoms with Crippen LogP contribution in [0, 0.1) is 0 Å². The smallest absolute Gasteiger partial charge is 0.129 e. The molecule has 2 N–H and O–H groups in total. The third-order valence-corrected chi connectivity index (χ3v) is 3.26. The van der Waals surface area contributed by atoms with E-state index in [0.717, 1.165) is 31.1 Å². The lowest BCUT2D eigenvalue weighted by molar-refractivity contribution is 0.193. The van der Waals surface area contributed by atoms with Crippen LogP contribution >= 0.6 is 11.6 Å². The second-order valence-corrected chi connectivity index (χ2v) is 4.34. The number of anilines is 1. The average Bonchev–Trinajstić information content (AvgIpc) is 2.82. The zero-order valence-corrected chi connectivity index (χ0v) is 10.1. The van der Waals surface area contributed by atoms with Crippen molar-refractivity contribution in [3.05, 3.63) is 22.8 Å². The van der Waals surface area contributed by atoms with Crippen molar-refractivity contribution in [1.82, 2.24) is 4.98 Å². The van der Waals surface area contributed by atoms with E-state index in [1.165, 1.54) is 0 Å². The zero-order valence-electron chi connectivity index (χ0n) is 9.32. The van der Waals surface area contributed by atoms with Crippen LogP contribution in [-0.4, -0.2) is 31.3 Å². The number of halogens is 1. The van der Waals surface area contributed by atoms with Gasteiger partial charge >= 0.3 is 0 Å². The Balaban J connectivity index is 2.19. The molecular formula is C11H16ClN3O. The Kier molecular flexibility index (Phi) is 3.63. The van der Waals surface area contributed by atoms with Gasteiger partial charge < -0.3 is 15.4 Å². The molecule has 1 atom stereocenters. The third kappa shape index (κ3) is 2.29. The van der Waals surface area contributed by atoms with Crippen molar-refractivity contribution in [2.45, 2.75) is 19.0 Å². The van der Waals surface area contributed by atoms with E-state index in [2.05, 4.69) is 9.88 Å². The number of rotatable bonds is 3. The van der Waals surface area contributed by atoms with Gasteiger partial charge in [0.25, 0.3) is 0 Å². The van der Waals surface area contributed by atoms with Gasteiger partial charge in [0.15, 0.2) is 0 Å². The summed E-state index contributed by atoms with van der Waals surface area (Å²) in [6.45, 7) is 1.95. The van der Waals surface area contributed by atoms with Crippen LogP contribution in [0.5, 0.6) is 0 Å². The fourth-order valence-corrected chi connectivity index (χ4v) is 2.01. The van der Waals surface area contributed by atoms with Crippen LogP contribution in [-0.2, 0) is 11.3 Å². The molecule has 88 valence electrons. The minimum atomic E-state index is 0.363. The SMILES string of the molecule is CN(c1ccc(Cl)c(CN)n1)C1CCOC1. The number of hydrogen-bond acceptors (Lipinski definition) is 4. The summed E-state index contributed by atoms with van der Waals surface area (Å²) in [5.74, 6) is 0.903. The summed E-state index contributed by atoms with van der Waals surface area (Å²) < 4.78 is 5.36. The molecule has 1 aliphatic rings. The molecule has 0 spiro atoms. The molecule has 0 bridgehead atoms. The zero-order chi connectivity index (χ0) is 11.5. The number of aromatic nitrogens is 1. The van der Waals surface area contributed by atoms with E-state index in [4.69, 9.17) is 22.1 Å². The van der Waals surface area contributed by atoms with Crippen molar-refractivity contribution in [1.29, 1.82) is 0 Å². The fraction of sp³-hybridized carbons (Fsp3) is 0.545. The van der Waals surface area contributed by atoms with Crippen molar-refractivity contribution < 1.29 is 4.74 Å². The number of nitrogens with zero attached hydrogens (tertiary/aromatic N) is 2. The maximum atomic E-state index is 5.97. The monoisotopic (exact) mass is 241 g/mol. The summed E-state index contributed by atoms with van der Waals surface area (Å²) in [6.07, 6.45) is 1.04. The first kappa shape index (κ1) is 11.6. The van der Waals surface area contributed by atoms with E-state index in [1.54, 1.807) is 0 Å². The van der Waals surface area contributed by atoms with Crippen LogP contribution in [0.3, 0.4) is 0 Å². The van der Waals surface area contributed by atoms with Gasteiger partial charge in [-0.2, -0.15) is 0 Å². The summed E-state index contributed by atoms with van der Waals surface area (Å²) in [6, 6.07) is 4.16. The summed E-state index contributed by atoms with van der Waals surface area (Å²) in [4.78, 5) is 6.58. The quantitative estimate of drug-likeness (QED) is 0.870. The van der Waals surface area contributed by atoms with Crippen molar-refractivity contribution in [3.63, 3.8) is 0 Å². The highest BCUT2D eigenvalue weighted by atomic mass is 35.5. The Bertz CT molecular complexity index is 366. The number of likely N-dealkylation sites (N-methyl/N-ethyl adjacent to an activating group) is 1. The maximum absolute atomic E-state index is 5.97. The molecule has 0 aliphatic carbocycles. The molecule has 1 unspecified atom stereocenters. The molecule has 0 saturated carbocycles. The topological polar surface area (TPSA) is 51.4 Å². The van der Waals surface area contributed by atoms with Crippen molar-refractivity contribution in [2.75, 3.05) is 25.2 Å². The Hall–Kier alpha value is -0.840. The molecule has 1 aliphatic heterocycles. The molecule has 1 aromatic rings. The summed E-state index contributed by atoms with van der Waals surface area (Å²) in [7, 11) is 2.02. The second-order valence-electron chi connectivity index (χ2n) is 3.93. The van der Waals surface area contributed by atoms with Crippen LogP contribution < -0.4 is 10.6 Å². The Morgan fingerprint density at radius 1 is 1.62 bits per heavy atom. The highest BCUT2D eigenvalue weighted by Crippen LogP contribution is 2.22. The minimum absolute atomic E-state index is 0.363. The Labute approximate surface area is 100 Å². The molecule has 0 radical (unpaired) electrons. The standard InChI is InChI=1S/C11H16ClN3O/c1-15(8-4-5-16-7-8)11-3-2-9(12)10(6-13)14-11/h2-3,8H,4-7,13H2,1H3. The number of ether oxygens (including phenoxy) is 1. The van der Waals surface area contributed by atoms with Gasteiger partial charge in [-0.25, -0.2) is 4.98 Å². The molecule has 1 fully saturated rings. The first-order valence-electron chi connectivity index (χ1n) is 5.38. The predicted octanol–water partition coefficient (Wildman–Crippen LogP) is 1.42. The molecule has 1 saturated heterocycles. The highest BCUT2D eigenvalue weighted by molar-refractivity contribution is 6.31. The van der Waals surface area contributed by atoms with E-state index in [-0.39, 0.29) is 0 Å². The van der Waals surface area contributed by atoms with Gasteiger partial charge in [-0.15, -0.1) is 0 Å². The Morgan fingerprint density at radius 3 is 3.06 bits per heavy atom. The lowest BCUT2D eigenvalue weighted by atomic mass is 10.2. The van der Waals surface area contributed by atoms with Gasteiger partial charge in [-0.1, -0.05) is 11.6 Å². The van der Waals surface area contributed by atoms with Crippen molar-refractivity contribution in [3.8, 4) is 0 Å². The molecular weight excluding hydrogens is 226 g/mol. The molecule has 2 heterocycles. The number of hydrogen-bond donors (Lipinski definition) is 1. The normalized spacial score (nSPS) is 20.1. The van der Waals surface area contributed by atoms with Gasteiger partial charge in [0, 0.05) is 20.2 Å². The molecule has 0 amide bonds. The van der Waals surface area contributed by atoms with Gasteiger partial charge in [0.05, 0.1) is 23.4 Å². The number of pyridine rings is 1. The van der Waals surface area contributed by atoms with Gasteiger partial charge in [0.1, 0.15) is 5.82 Å². The molecule has 1 aromatic heterocycles. The lowest BCUT2D eigenvalue weighted by Gasteiger charge is -2.24. The van der Waals surface area contributed by atoms with Gasteiger partial charge in [-0.3, -0.25) is 0 Å². The summed E-state index contributed by atoms with van der Waals surface area (Å²) in [5, 5.41) is 0.627. The third-order valence-electron chi connectivity index (χ3n) is 2.91. The molecule has 5 heteroatoms. The van der Waals surface area contributed by atoms with Crippen LogP contribution in [0.4, 0.5) is 5.82 Å².